The van der Waals surface area contributed by atoms with Gasteiger partial charge in [0, 0.05) is 12.8 Å². The van der Waals surface area contributed by atoms with Gasteiger partial charge in [0.15, 0.2) is 0 Å². The second-order valence-corrected chi connectivity index (χ2v) is 6.45. The maximum Gasteiger partial charge on any atom is 0.331 e. The van der Waals surface area contributed by atoms with Gasteiger partial charge in [-0.05, 0) is 30.2 Å². The smallest absolute Gasteiger partial charge is 0.331 e. The molecule has 0 fully saturated rings. The first-order valence-corrected chi connectivity index (χ1v) is 8.87. The molecule has 4 N–H and O–H groups in total. The van der Waals surface area contributed by atoms with Gasteiger partial charge < -0.3 is 15.1 Å². The summed E-state index contributed by atoms with van der Waals surface area (Å²) in [6.45, 7) is 0.197. The number of nitrogens with one attached hydrogen (secondary N) is 3. The van der Waals surface area contributed by atoms with Crippen LogP contribution in [0.2, 0.25) is 0 Å². The molecule has 0 saturated carbocycles. The molecule has 9 nitrogen and oxygen atoms in total. The van der Waals surface area contributed by atoms with E-state index in [1.165, 1.54) is 6.21 Å². The quantitative estimate of drug-likeness (QED) is 0.382. The fourth-order valence-corrected chi connectivity index (χ4v) is 3.02. The van der Waals surface area contributed by atoms with Crippen LogP contribution in [0, 0.1) is 0 Å². The summed E-state index contributed by atoms with van der Waals surface area (Å²) in [4.78, 5) is 47.3. The maximum atomic E-state index is 12.2. The zero-order chi connectivity index (χ0) is 20.4. The SMILES string of the molecule is O=c1[nH]c2ccc(N=Cc3c(O)n(CCc4ccccc4)c(=O)[nH]c3=O)cc2[nH]1. The van der Waals surface area contributed by atoms with Gasteiger partial charge in [0.05, 0.1) is 16.7 Å². The lowest BCUT2D eigenvalue weighted by molar-refractivity contribution is 0.399. The third kappa shape index (κ3) is 3.79. The Bertz CT molecular complexity index is 1380. The summed E-state index contributed by atoms with van der Waals surface area (Å²) < 4.78 is 1.10. The Morgan fingerprint density at radius 1 is 0.966 bits per heavy atom. The molecule has 0 bridgehead atoms. The van der Waals surface area contributed by atoms with Gasteiger partial charge in [-0.3, -0.25) is 19.3 Å². The second-order valence-electron chi connectivity index (χ2n) is 6.45. The molecule has 0 atom stereocenters. The van der Waals surface area contributed by atoms with Gasteiger partial charge in [-0.15, -0.1) is 0 Å². The number of aliphatic imine (C=N–C) groups is 1. The van der Waals surface area contributed by atoms with E-state index in [1.807, 2.05) is 30.3 Å². The zero-order valence-electron chi connectivity index (χ0n) is 15.2. The molecule has 0 aliphatic heterocycles. The van der Waals surface area contributed by atoms with Crippen molar-refractivity contribution in [3.63, 3.8) is 0 Å². The molecular weight excluding hydrogens is 374 g/mol. The van der Waals surface area contributed by atoms with Crippen molar-refractivity contribution in [3.8, 4) is 5.88 Å². The lowest BCUT2D eigenvalue weighted by Gasteiger charge is -2.09. The Morgan fingerprint density at radius 3 is 2.52 bits per heavy atom. The van der Waals surface area contributed by atoms with E-state index in [2.05, 4.69) is 19.9 Å². The minimum atomic E-state index is -0.733. The van der Waals surface area contributed by atoms with Crippen molar-refractivity contribution >= 4 is 22.9 Å². The monoisotopic (exact) mass is 391 g/mol. The summed E-state index contributed by atoms with van der Waals surface area (Å²) >= 11 is 0. The van der Waals surface area contributed by atoms with Crippen LogP contribution in [0.25, 0.3) is 11.0 Å². The first-order chi connectivity index (χ1) is 14.0. The fraction of sp³-hybridized carbons (Fsp3) is 0.100. The van der Waals surface area contributed by atoms with Crippen molar-refractivity contribution < 1.29 is 5.11 Å². The van der Waals surface area contributed by atoms with Crippen LogP contribution in [-0.4, -0.2) is 30.8 Å². The van der Waals surface area contributed by atoms with E-state index in [9.17, 15) is 19.5 Å². The van der Waals surface area contributed by atoms with Crippen molar-refractivity contribution in [1.29, 1.82) is 0 Å². The van der Waals surface area contributed by atoms with E-state index in [-0.39, 0.29) is 17.8 Å². The molecule has 4 rings (SSSR count). The lowest BCUT2D eigenvalue weighted by Crippen LogP contribution is -2.32. The zero-order valence-corrected chi connectivity index (χ0v) is 15.2. The molecule has 29 heavy (non-hydrogen) atoms. The van der Waals surface area contributed by atoms with Crippen molar-refractivity contribution in [2.24, 2.45) is 4.99 Å². The van der Waals surface area contributed by atoms with Crippen molar-refractivity contribution in [2.75, 3.05) is 0 Å². The Kier molecular flexibility index (Phi) is 4.70. The van der Waals surface area contributed by atoms with Crippen molar-refractivity contribution in [1.82, 2.24) is 19.5 Å². The van der Waals surface area contributed by atoms with E-state index in [4.69, 9.17) is 0 Å². The van der Waals surface area contributed by atoms with E-state index in [0.717, 1.165) is 10.1 Å². The molecule has 0 radical (unpaired) electrons. The summed E-state index contributed by atoms with van der Waals surface area (Å²) in [5.41, 5.74) is 0.776. The number of rotatable bonds is 5. The highest BCUT2D eigenvalue weighted by Crippen LogP contribution is 2.18. The number of aromatic hydroxyl groups is 1. The Balaban J connectivity index is 1.65. The minimum Gasteiger partial charge on any atom is -0.494 e. The van der Waals surface area contributed by atoms with Crippen LogP contribution in [0.15, 0.2) is 67.9 Å². The normalized spacial score (nSPS) is 11.4. The highest BCUT2D eigenvalue weighted by atomic mass is 16.3. The first kappa shape index (κ1) is 18.2. The van der Waals surface area contributed by atoms with Gasteiger partial charge in [0.2, 0.25) is 5.88 Å². The molecular formula is C20H17N5O4. The lowest BCUT2D eigenvalue weighted by atomic mass is 10.1. The summed E-state index contributed by atoms with van der Waals surface area (Å²) in [7, 11) is 0. The number of aromatic amines is 3. The van der Waals surface area contributed by atoms with E-state index in [1.54, 1.807) is 18.2 Å². The molecule has 2 heterocycles. The van der Waals surface area contributed by atoms with Gasteiger partial charge in [-0.1, -0.05) is 30.3 Å². The largest absolute Gasteiger partial charge is 0.494 e. The third-order valence-corrected chi connectivity index (χ3v) is 4.52. The molecule has 0 amide bonds. The molecule has 2 aromatic heterocycles. The van der Waals surface area contributed by atoms with Gasteiger partial charge in [-0.2, -0.15) is 0 Å². The topological polar surface area (TPSA) is 136 Å². The summed E-state index contributed by atoms with van der Waals surface area (Å²) in [6, 6.07) is 14.4. The van der Waals surface area contributed by atoms with Gasteiger partial charge in [0.25, 0.3) is 5.56 Å². The molecule has 0 spiro atoms. The maximum absolute atomic E-state index is 12.2. The highest BCUT2D eigenvalue weighted by molar-refractivity contribution is 5.85. The number of aryl methyl sites for hydroxylation is 1. The summed E-state index contributed by atoms with van der Waals surface area (Å²) in [6.07, 6.45) is 1.70. The van der Waals surface area contributed by atoms with Gasteiger partial charge in [0.1, 0.15) is 5.56 Å². The molecule has 0 aliphatic rings. The molecule has 0 unspecified atom stereocenters. The molecule has 9 heteroatoms. The van der Waals surface area contributed by atoms with Crippen LogP contribution in [0.3, 0.4) is 0 Å². The van der Waals surface area contributed by atoms with Crippen LogP contribution in [-0.2, 0) is 13.0 Å². The van der Waals surface area contributed by atoms with Crippen LogP contribution < -0.4 is 16.9 Å². The first-order valence-electron chi connectivity index (χ1n) is 8.87. The molecule has 0 saturated heterocycles. The molecule has 146 valence electrons. The number of aromatic nitrogens is 4. The number of hydrogen-bond acceptors (Lipinski definition) is 5. The predicted molar refractivity (Wildman–Crippen MR) is 109 cm³/mol. The van der Waals surface area contributed by atoms with E-state index >= 15 is 0 Å². The number of nitrogens with zero attached hydrogens (tertiary/aromatic N) is 2. The van der Waals surface area contributed by atoms with Crippen molar-refractivity contribution in [2.45, 2.75) is 13.0 Å². The number of H-pyrrole nitrogens is 3. The van der Waals surface area contributed by atoms with Gasteiger partial charge in [-0.25, -0.2) is 9.59 Å². The Hall–Kier alpha value is -4.14. The third-order valence-electron chi connectivity index (χ3n) is 4.52. The summed E-state index contributed by atoms with van der Waals surface area (Å²) in [5, 5.41) is 10.5. The number of imidazole rings is 1. The van der Waals surface area contributed by atoms with E-state index < -0.39 is 17.1 Å². The average Bonchev–Trinajstić information content (AvgIpc) is 3.07. The van der Waals surface area contributed by atoms with Crippen LogP contribution in [0.1, 0.15) is 11.1 Å². The molecule has 2 aromatic carbocycles. The van der Waals surface area contributed by atoms with Crippen LogP contribution in [0.5, 0.6) is 5.88 Å². The number of fused-ring (bicyclic) bond motifs is 1. The number of benzene rings is 2. The van der Waals surface area contributed by atoms with Gasteiger partial charge >= 0.3 is 11.4 Å². The second kappa shape index (κ2) is 7.47. The number of hydrogen-bond donors (Lipinski definition) is 4. The van der Waals surface area contributed by atoms with Crippen molar-refractivity contribution in [3.05, 3.63) is 91.0 Å². The Morgan fingerprint density at radius 2 is 1.72 bits per heavy atom. The molecule has 4 aromatic rings. The van der Waals surface area contributed by atoms with Crippen LogP contribution in [0.4, 0.5) is 5.69 Å². The minimum absolute atomic E-state index is 0.125. The standard InChI is InChI=1S/C20H17N5O4/c26-17-14(11-21-13-6-7-15-16(10-13)23-19(28)22-15)18(27)25(20(29)24-17)9-8-12-4-2-1-3-5-12/h1-7,10-11,27H,8-9H2,(H2,22,23,28)(H,24,26,29). The predicted octanol–water partition coefficient (Wildman–Crippen LogP) is 1.41. The summed E-state index contributed by atoms with van der Waals surface area (Å²) in [5.74, 6) is -0.449. The average molecular weight is 391 g/mol. The van der Waals surface area contributed by atoms with Crippen LogP contribution >= 0.6 is 0 Å². The highest BCUT2D eigenvalue weighted by Gasteiger charge is 2.12. The Labute approximate surface area is 163 Å². The fourth-order valence-electron chi connectivity index (χ4n) is 3.02. The molecule has 0 aliphatic carbocycles. The van der Waals surface area contributed by atoms with E-state index in [0.29, 0.717) is 23.1 Å².